The van der Waals surface area contributed by atoms with Crippen LogP contribution in [0.5, 0.6) is 0 Å². The summed E-state index contributed by atoms with van der Waals surface area (Å²) in [4.78, 5) is 22.4. The number of aliphatic hydroxyl groups excluding tert-OH is 1. The molecule has 0 aromatic rings. The molecule has 1 rings (SSSR count). The summed E-state index contributed by atoms with van der Waals surface area (Å²) in [6, 6.07) is 0. The summed E-state index contributed by atoms with van der Waals surface area (Å²) in [6.45, 7) is 2.27. The molecule has 92 valence electrons. The molecule has 0 saturated carbocycles. The summed E-state index contributed by atoms with van der Waals surface area (Å²) in [5, 5.41) is 17.8. The lowest BCUT2D eigenvalue weighted by molar-refractivity contribution is -0.155. The van der Waals surface area contributed by atoms with Gasteiger partial charge in [0.2, 0.25) is 0 Å². The largest absolute Gasteiger partial charge is 0.382 e. The number of alkyl halides is 2. The smallest absolute Gasteiger partial charge is 0.171 e. The zero-order valence-electron chi connectivity index (χ0n) is 8.68. The number of halogens is 2. The maximum Gasteiger partial charge on any atom is 0.171 e. The van der Waals surface area contributed by atoms with Crippen molar-refractivity contribution in [2.24, 2.45) is 0 Å². The first-order valence-electron chi connectivity index (χ1n) is 4.58. The Morgan fingerprint density at radius 2 is 2.00 bits per heavy atom. The van der Waals surface area contributed by atoms with Crippen LogP contribution in [0.1, 0.15) is 13.8 Å². The van der Waals surface area contributed by atoms with Crippen LogP contribution in [-0.4, -0.2) is 50.0 Å². The molecule has 0 aromatic heterocycles. The molecular formula is C9H12BrClO5. The number of aliphatic hydroxyl groups is 2. The zero-order chi connectivity index (χ0) is 12.7. The first kappa shape index (κ1) is 14.1. The molecule has 0 radical (unpaired) electrons. The van der Waals surface area contributed by atoms with Crippen molar-refractivity contribution in [3.05, 3.63) is 0 Å². The van der Waals surface area contributed by atoms with Crippen LogP contribution >= 0.6 is 27.5 Å². The van der Waals surface area contributed by atoms with Gasteiger partial charge in [-0.15, -0.1) is 11.6 Å². The van der Waals surface area contributed by atoms with E-state index in [1.807, 2.05) is 0 Å². The van der Waals surface area contributed by atoms with Crippen molar-refractivity contribution in [2.75, 3.05) is 0 Å². The van der Waals surface area contributed by atoms with E-state index in [0.29, 0.717) is 0 Å². The molecule has 16 heavy (non-hydrogen) atoms. The average molecular weight is 316 g/mol. The summed E-state index contributed by atoms with van der Waals surface area (Å²) in [7, 11) is 0. The second-order valence-electron chi connectivity index (χ2n) is 3.75. The molecule has 5 atom stereocenters. The Bertz CT molecular complexity index is 323. The van der Waals surface area contributed by atoms with Crippen LogP contribution in [0.15, 0.2) is 0 Å². The second-order valence-corrected chi connectivity index (χ2v) is 5.12. The number of hydrogen-bond acceptors (Lipinski definition) is 5. The van der Waals surface area contributed by atoms with E-state index in [0.717, 1.165) is 13.8 Å². The minimum atomic E-state index is -2.07. The minimum absolute atomic E-state index is 0.602. The minimum Gasteiger partial charge on any atom is -0.382 e. The number of carbonyl (C=O) groups excluding carboxylic acids is 2. The molecule has 1 aliphatic rings. The maximum atomic E-state index is 11.4. The number of ketones is 2. The summed E-state index contributed by atoms with van der Waals surface area (Å²) < 4.78 is 5.12. The van der Waals surface area contributed by atoms with Gasteiger partial charge in [-0.25, -0.2) is 0 Å². The molecule has 1 unspecified atom stereocenters. The van der Waals surface area contributed by atoms with E-state index in [-0.39, 0.29) is 0 Å². The van der Waals surface area contributed by atoms with E-state index in [9.17, 15) is 19.8 Å². The third-order valence-electron chi connectivity index (χ3n) is 2.63. The van der Waals surface area contributed by atoms with E-state index < -0.39 is 39.8 Å². The van der Waals surface area contributed by atoms with E-state index >= 15 is 0 Å². The fraction of sp³-hybridized carbons (Fsp3) is 0.778. The Morgan fingerprint density at radius 3 is 2.38 bits per heavy atom. The van der Waals surface area contributed by atoms with Gasteiger partial charge < -0.3 is 14.9 Å². The first-order chi connectivity index (χ1) is 7.22. The van der Waals surface area contributed by atoms with Gasteiger partial charge >= 0.3 is 0 Å². The van der Waals surface area contributed by atoms with Gasteiger partial charge in [0.05, 0.1) is 0 Å². The van der Waals surface area contributed by atoms with Gasteiger partial charge in [0.15, 0.2) is 17.2 Å². The Labute approximate surface area is 106 Å². The molecule has 0 aliphatic carbocycles. The molecule has 0 spiro atoms. The summed E-state index contributed by atoms with van der Waals surface area (Å²) in [6.07, 6.45) is -2.94. The van der Waals surface area contributed by atoms with Crippen molar-refractivity contribution in [1.29, 1.82) is 0 Å². The fourth-order valence-electron chi connectivity index (χ4n) is 1.59. The number of ether oxygens (including phenoxy) is 1. The van der Waals surface area contributed by atoms with Gasteiger partial charge in [-0.2, -0.15) is 0 Å². The molecular weight excluding hydrogens is 303 g/mol. The van der Waals surface area contributed by atoms with Crippen molar-refractivity contribution >= 4 is 39.1 Å². The van der Waals surface area contributed by atoms with Crippen LogP contribution in [-0.2, 0) is 14.3 Å². The van der Waals surface area contributed by atoms with E-state index in [1.165, 1.54) is 0 Å². The monoisotopic (exact) mass is 314 g/mol. The van der Waals surface area contributed by atoms with Crippen LogP contribution in [0, 0.1) is 0 Å². The van der Waals surface area contributed by atoms with E-state index in [2.05, 4.69) is 15.9 Å². The molecule has 2 N–H and O–H groups in total. The number of hydrogen-bond donors (Lipinski definition) is 2. The first-order valence-corrected chi connectivity index (χ1v) is 5.93. The van der Waals surface area contributed by atoms with Gasteiger partial charge in [0, 0.05) is 0 Å². The highest BCUT2D eigenvalue weighted by molar-refractivity contribution is 9.09. The lowest BCUT2D eigenvalue weighted by atomic mass is 9.87. The molecule has 0 aromatic carbocycles. The topological polar surface area (TPSA) is 83.8 Å². The SMILES string of the molecule is CC(=O)C(O)[C@H]1O[C@H](Br)[C@H](Cl)[C@@]1(O)C(C)=O. The van der Waals surface area contributed by atoms with Gasteiger partial charge in [0.25, 0.3) is 0 Å². The van der Waals surface area contributed by atoms with Crippen molar-refractivity contribution in [1.82, 2.24) is 0 Å². The summed E-state index contributed by atoms with van der Waals surface area (Å²) in [5.74, 6) is -1.25. The predicted octanol–water partition coefficient (Wildman–Crippen LogP) is -0.0164. The molecule has 0 bridgehead atoms. The highest BCUT2D eigenvalue weighted by Crippen LogP contribution is 2.40. The molecule has 1 fully saturated rings. The normalized spacial score (nSPS) is 40.8. The van der Waals surface area contributed by atoms with Crippen LogP contribution in [0.2, 0.25) is 0 Å². The third-order valence-corrected chi connectivity index (χ3v) is 4.24. The zero-order valence-corrected chi connectivity index (χ0v) is 11.0. The van der Waals surface area contributed by atoms with Crippen molar-refractivity contribution < 1.29 is 24.5 Å². The van der Waals surface area contributed by atoms with Gasteiger partial charge in [0.1, 0.15) is 22.6 Å². The van der Waals surface area contributed by atoms with Gasteiger partial charge in [-0.3, -0.25) is 9.59 Å². The lowest BCUT2D eigenvalue weighted by Crippen LogP contribution is -2.56. The van der Waals surface area contributed by atoms with E-state index in [1.54, 1.807) is 0 Å². The molecule has 1 saturated heterocycles. The Hall–Kier alpha value is -0.0100. The Kier molecular flexibility index (Phi) is 4.13. The quantitative estimate of drug-likeness (QED) is 0.715. The lowest BCUT2D eigenvalue weighted by Gasteiger charge is -2.29. The maximum absolute atomic E-state index is 11.4. The highest BCUT2D eigenvalue weighted by atomic mass is 79.9. The van der Waals surface area contributed by atoms with Gasteiger partial charge in [-0.1, -0.05) is 15.9 Å². The summed E-state index contributed by atoms with van der Waals surface area (Å²) in [5.41, 5.74) is -2.07. The predicted molar refractivity (Wildman–Crippen MR) is 59.5 cm³/mol. The molecule has 0 amide bonds. The molecule has 7 heteroatoms. The Balaban J connectivity index is 3.09. The van der Waals surface area contributed by atoms with Crippen LogP contribution in [0.4, 0.5) is 0 Å². The number of rotatable bonds is 3. The van der Waals surface area contributed by atoms with Crippen LogP contribution < -0.4 is 0 Å². The van der Waals surface area contributed by atoms with Gasteiger partial charge in [-0.05, 0) is 13.8 Å². The third kappa shape index (κ3) is 2.04. The van der Waals surface area contributed by atoms with Crippen LogP contribution in [0.3, 0.4) is 0 Å². The Morgan fingerprint density at radius 1 is 1.50 bits per heavy atom. The summed E-state index contributed by atoms with van der Waals surface area (Å²) >= 11 is 8.86. The fourth-order valence-corrected chi connectivity index (χ4v) is 2.56. The molecule has 1 heterocycles. The average Bonchev–Trinajstić information content (AvgIpc) is 2.42. The van der Waals surface area contributed by atoms with E-state index in [4.69, 9.17) is 16.3 Å². The number of Topliss-reactive ketones (excluding diaryl/α,β-unsaturated/α-hetero) is 2. The van der Waals surface area contributed by atoms with Crippen LogP contribution in [0.25, 0.3) is 0 Å². The standard InChI is InChI=1S/C9H12BrClO5/c1-3(12)5(14)7-9(15,4(2)13)6(11)8(10)16-7/h5-8,14-15H,1-2H3/t5?,6-,7+,8-,9-/m0/s1. The molecule has 5 nitrogen and oxygen atoms in total. The number of carbonyl (C=O) groups is 2. The van der Waals surface area contributed by atoms with Crippen molar-refractivity contribution in [3.8, 4) is 0 Å². The van der Waals surface area contributed by atoms with Crippen molar-refractivity contribution in [2.45, 2.75) is 42.0 Å². The second kappa shape index (κ2) is 4.70. The highest BCUT2D eigenvalue weighted by Gasteiger charge is 2.60. The molecule has 1 aliphatic heterocycles. The van der Waals surface area contributed by atoms with Crippen molar-refractivity contribution in [3.63, 3.8) is 0 Å².